The minimum Gasteiger partial charge on any atom is -0.494 e. The smallest absolute Gasteiger partial charge is 0.244 e. The quantitative estimate of drug-likeness (QED) is 0.658. The van der Waals surface area contributed by atoms with Gasteiger partial charge in [0.05, 0.1) is 19.2 Å². The number of nitrogens with one attached hydrogen (secondary N) is 1. The van der Waals surface area contributed by atoms with Crippen molar-refractivity contribution in [3.05, 3.63) is 65.2 Å². The van der Waals surface area contributed by atoms with Crippen LogP contribution in [0.5, 0.6) is 5.75 Å². The highest BCUT2D eigenvalue weighted by atomic mass is 16.5. The van der Waals surface area contributed by atoms with Gasteiger partial charge >= 0.3 is 0 Å². The minimum atomic E-state index is -0.133. The molecule has 0 fully saturated rings. The second kappa shape index (κ2) is 7.98. The second-order valence-electron chi connectivity index (χ2n) is 4.96. The molecule has 0 aliphatic rings. The van der Waals surface area contributed by atoms with Gasteiger partial charge in [-0.15, -0.1) is 0 Å². The third-order valence-corrected chi connectivity index (χ3v) is 3.08. The van der Waals surface area contributed by atoms with E-state index in [1.807, 2.05) is 62.4 Å². The zero-order chi connectivity index (χ0) is 15.8. The molecule has 4 nitrogen and oxygen atoms in total. The van der Waals surface area contributed by atoms with Crippen molar-refractivity contribution >= 4 is 12.1 Å². The zero-order valence-corrected chi connectivity index (χ0v) is 12.9. The third-order valence-electron chi connectivity index (χ3n) is 3.08. The lowest BCUT2D eigenvalue weighted by Crippen LogP contribution is -2.19. The molecule has 114 valence electrons. The number of hydrogen-bond acceptors (Lipinski definition) is 3. The average molecular weight is 296 g/mol. The third kappa shape index (κ3) is 5.05. The summed E-state index contributed by atoms with van der Waals surface area (Å²) in [6.07, 6.45) is 1.93. The molecule has 0 unspecified atom stereocenters. The van der Waals surface area contributed by atoms with Crippen LogP contribution in [0.2, 0.25) is 0 Å². The summed E-state index contributed by atoms with van der Waals surface area (Å²) in [6, 6.07) is 15.4. The fourth-order valence-electron chi connectivity index (χ4n) is 1.93. The van der Waals surface area contributed by atoms with E-state index >= 15 is 0 Å². The van der Waals surface area contributed by atoms with Crippen LogP contribution in [-0.4, -0.2) is 18.7 Å². The van der Waals surface area contributed by atoms with E-state index in [2.05, 4.69) is 10.5 Å². The lowest BCUT2D eigenvalue weighted by Gasteiger charge is -2.02. The maximum atomic E-state index is 11.8. The Morgan fingerprint density at radius 3 is 2.45 bits per heavy atom. The van der Waals surface area contributed by atoms with Crippen LogP contribution in [0.4, 0.5) is 0 Å². The van der Waals surface area contributed by atoms with Crippen molar-refractivity contribution in [2.45, 2.75) is 20.3 Å². The zero-order valence-electron chi connectivity index (χ0n) is 12.9. The van der Waals surface area contributed by atoms with Crippen molar-refractivity contribution in [3.8, 4) is 5.75 Å². The summed E-state index contributed by atoms with van der Waals surface area (Å²) in [5.74, 6) is 0.689. The number of amides is 1. The van der Waals surface area contributed by atoms with E-state index in [0.29, 0.717) is 13.0 Å². The molecule has 0 aliphatic heterocycles. The molecule has 2 aromatic rings. The molecule has 0 spiro atoms. The number of benzene rings is 2. The summed E-state index contributed by atoms with van der Waals surface area (Å²) < 4.78 is 5.36. The molecule has 2 aromatic carbocycles. The van der Waals surface area contributed by atoms with Crippen molar-refractivity contribution in [2.24, 2.45) is 5.10 Å². The van der Waals surface area contributed by atoms with Gasteiger partial charge in [-0.3, -0.25) is 4.79 Å². The van der Waals surface area contributed by atoms with Crippen LogP contribution in [0.15, 0.2) is 53.6 Å². The summed E-state index contributed by atoms with van der Waals surface area (Å²) in [5.41, 5.74) is 5.59. The van der Waals surface area contributed by atoms with Crippen LogP contribution in [0, 0.1) is 6.92 Å². The van der Waals surface area contributed by atoms with Crippen molar-refractivity contribution in [1.29, 1.82) is 0 Å². The average Bonchev–Trinajstić information content (AvgIpc) is 2.52. The summed E-state index contributed by atoms with van der Waals surface area (Å²) in [6.45, 7) is 4.60. The van der Waals surface area contributed by atoms with Crippen LogP contribution in [0.1, 0.15) is 23.6 Å². The lowest BCUT2D eigenvalue weighted by atomic mass is 10.1. The highest BCUT2D eigenvalue weighted by Gasteiger charge is 2.01. The molecular formula is C18H20N2O2. The molecule has 1 N–H and O–H groups in total. The largest absolute Gasteiger partial charge is 0.494 e. The predicted octanol–water partition coefficient (Wildman–Crippen LogP) is 3.09. The lowest BCUT2D eigenvalue weighted by molar-refractivity contribution is -0.120. The first kappa shape index (κ1) is 15.8. The Morgan fingerprint density at radius 1 is 1.14 bits per heavy atom. The van der Waals surface area contributed by atoms with Gasteiger partial charge in [-0.25, -0.2) is 5.43 Å². The van der Waals surface area contributed by atoms with Crippen LogP contribution in [-0.2, 0) is 11.2 Å². The molecule has 0 aliphatic carbocycles. The molecule has 0 aromatic heterocycles. The number of nitrogens with zero attached hydrogens (tertiary/aromatic N) is 1. The molecule has 0 saturated carbocycles. The van der Waals surface area contributed by atoms with E-state index in [1.54, 1.807) is 6.21 Å². The van der Waals surface area contributed by atoms with Crippen LogP contribution < -0.4 is 10.2 Å². The Kier molecular flexibility index (Phi) is 5.72. The minimum absolute atomic E-state index is 0.133. The SMILES string of the molecule is CCOc1ccc(C=NNC(=O)Cc2ccc(C)cc2)cc1. The van der Waals surface area contributed by atoms with Crippen molar-refractivity contribution in [3.63, 3.8) is 0 Å². The van der Waals surface area contributed by atoms with E-state index in [0.717, 1.165) is 16.9 Å². The Morgan fingerprint density at radius 2 is 1.82 bits per heavy atom. The van der Waals surface area contributed by atoms with E-state index in [-0.39, 0.29) is 5.91 Å². The predicted molar refractivity (Wildman–Crippen MR) is 88.2 cm³/mol. The standard InChI is InChI=1S/C18H20N2O2/c1-3-22-17-10-8-16(9-11-17)13-19-20-18(21)12-15-6-4-14(2)5-7-15/h4-11,13H,3,12H2,1-2H3,(H,20,21). The molecule has 0 atom stereocenters. The number of aryl methyl sites for hydroxylation is 1. The van der Waals surface area contributed by atoms with Crippen molar-refractivity contribution in [2.75, 3.05) is 6.61 Å². The van der Waals surface area contributed by atoms with Gasteiger partial charge in [0.1, 0.15) is 5.75 Å². The monoisotopic (exact) mass is 296 g/mol. The first-order chi connectivity index (χ1) is 10.7. The highest BCUT2D eigenvalue weighted by Crippen LogP contribution is 2.10. The molecule has 1 amide bonds. The van der Waals surface area contributed by atoms with Crippen LogP contribution in [0.25, 0.3) is 0 Å². The Balaban J connectivity index is 1.83. The van der Waals surface area contributed by atoms with E-state index in [9.17, 15) is 4.79 Å². The van der Waals surface area contributed by atoms with Gasteiger partial charge in [-0.05, 0) is 49.2 Å². The van der Waals surface area contributed by atoms with Crippen molar-refractivity contribution in [1.82, 2.24) is 5.43 Å². The van der Waals surface area contributed by atoms with Gasteiger partial charge in [0.25, 0.3) is 0 Å². The van der Waals surface area contributed by atoms with Crippen molar-refractivity contribution < 1.29 is 9.53 Å². The summed E-state index contributed by atoms with van der Waals surface area (Å²) in [5, 5.41) is 3.97. The van der Waals surface area contributed by atoms with Crippen LogP contribution in [0.3, 0.4) is 0 Å². The van der Waals surface area contributed by atoms with E-state index in [4.69, 9.17) is 4.74 Å². The number of carbonyl (C=O) groups excluding carboxylic acids is 1. The molecule has 0 radical (unpaired) electrons. The summed E-state index contributed by atoms with van der Waals surface area (Å²) in [7, 11) is 0. The number of ether oxygens (including phenoxy) is 1. The number of carbonyl (C=O) groups is 1. The molecule has 0 saturated heterocycles. The fourth-order valence-corrected chi connectivity index (χ4v) is 1.93. The fraction of sp³-hybridized carbons (Fsp3) is 0.222. The molecule has 22 heavy (non-hydrogen) atoms. The maximum Gasteiger partial charge on any atom is 0.244 e. The van der Waals surface area contributed by atoms with E-state index < -0.39 is 0 Å². The Hall–Kier alpha value is -2.62. The topological polar surface area (TPSA) is 50.7 Å². The van der Waals surface area contributed by atoms with Gasteiger partial charge in [-0.2, -0.15) is 5.10 Å². The first-order valence-corrected chi connectivity index (χ1v) is 7.27. The molecule has 4 heteroatoms. The number of rotatable bonds is 6. The van der Waals surface area contributed by atoms with Gasteiger partial charge in [0.15, 0.2) is 0 Å². The number of hydrazone groups is 1. The number of hydrogen-bond donors (Lipinski definition) is 1. The molecule has 0 bridgehead atoms. The summed E-state index contributed by atoms with van der Waals surface area (Å²) >= 11 is 0. The normalized spacial score (nSPS) is 10.6. The van der Waals surface area contributed by atoms with Gasteiger partial charge in [0.2, 0.25) is 5.91 Å². The van der Waals surface area contributed by atoms with Gasteiger partial charge < -0.3 is 4.74 Å². The Labute approximate surface area is 130 Å². The van der Waals surface area contributed by atoms with Crippen LogP contribution >= 0.6 is 0 Å². The molecule has 2 rings (SSSR count). The first-order valence-electron chi connectivity index (χ1n) is 7.27. The van der Waals surface area contributed by atoms with E-state index in [1.165, 1.54) is 5.56 Å². The maximum absolute atomic E-state index is 11.8. The van der Waals surface area contributed by atoms with Gasteiger partial charge in [0, 0.05) is 0 Å². The molecular weight excluding hydrogens is 276 g/mol. The second-order valence-corrected chi connectivity index (χ2v) is 4.96. The molecule has 0 heterocycles. The Bertz CT molecular complexity index is 631. The highest BCUT2D eigenvalue weighted by molar-refractivity contribution is 5.83. The summed E-state index contributed by atoms with van der Waals surface area (Å²) in [4.78, 5) is 11.8. The van der Waals surface area contributed by atoms with Gasteiger partial charge in [-0.1, -0.05) is 29.8 Å².